The molecule has 0 unspecified atom stereocenters. The van der Waals surface area contributed by atoms with E-state index in [9.17, 15) is 0 Å². The quantitative estimate of drug-likeness (QED) is 0.879. The standard InChI is InChI=1S/C16H28N4/c1-16(2,3)15-19-13(17)11-14(20-15)18-10-9-12-7-5-4-6-8-12/h11-12H,4-10H2,1-3H3,(H3,17,18,19,20). The third kappa shape index (κ3) is 4.36. The Bertz CT molecular complexity index is 431. The molecule has 0 spiro atoms. The molecule has 0 radical (unpaired) electrons. The van der Waals surface area contributed by atoms with Gasteiger partial charge in [0.15, 0.2) is 0 Å². The predicted octanol–water partition coefficient (Wildman–Crippen LogP) is 3.74. The average Bonchev–Trinajstić information content (AvgIpc) is 2.38. The second-order valence-electron chi connectivity index (χ2n) is 6.97. The minimum atomic E-state index is -0.0742. The van der Waals surface area contributed by atoms with Crippen molar-refractivity contribution in [1.29, 1.82) is 0 Å². The van der Waals surface area contributed by atoms with Crippen LogP contribution in [0.15, 0.2) is 6.07 Å². The Balaban J connectivity index is 1.90. The molecule has 4 nitrogen and oxygen atoms in total. The lowest BCUT2D eigenvalue weighted by Crippen LogP contribution is -2.19. The summed E-state index contributed by atoms with van der Waals surface area (Å²) in [5.41, 5.74) is 5.81. The van der Waals surface area contributed by atoms with Crippen LogP contribution in [0.5, 0.6) is 0 Å². The van der Waals surface area contributed by atoms with Gasteiger partial charge in [-0.15, -0.1) is 0 Å². The number of nitrogens with zero attached hydrogens (tertiary/aromatic N) is 2. The zero-order chi connectivity index (χ0) is 14.6. The molecule has 1 heterocycles. The Hall–Kier alpha value is -1.32. The summed E-state index contributed by atoms with van der Waals surface area (Å²) in [5, 5.41) is 3.41. The lowest BCUT2D eigenvalue weighted by atomic mass is 9.87. The van der Waals surface area contributed by atoms with Crippen LogP contribution >= 0.6 is 0 Å². The normalized spacial score (nSPS) is 17.1. The summed E-state index contributed by atoms with van der Waals surface area (Å²) in [6, 6.07) is 1.83. The summed E-state index contributed by atoms with van der Waals surface area (Å²) in [6.45, 7) is 7.29. The first-order chi connectivity index (χ1) is 9.45. The van der Waals surface area contributed by atoms with Crippen molar-refractivity contribution in [3.8, 4) is 0 Å². The highest BCUT2D eigenvalue weighted by molar-refractivity contribution is 5.45. The Kier molecular flexibility index (Phi) is 4.84. The van der Waals surface area contributed by atoms with Crippen molar-refractivity contribution >= 4 is 11.6 Å². The van der Waals surface area contributed by atoms with Crippen LogP contribution in [0.4, 0.5) is 11.6 Å². The van der Waals surface area contributed by atoms with E-state index in [2.05, 4.69) is 36.1 Å². The van der Waals surface area contributed by atoms with Crippen molar-refractivity contribution in [3.63, 3.8) is 0 Å². The second kappa shape index (κ2) is 6.42. The van der Waals surface area contributed by atoms with Gasteiger partial charge in [-0.1, -0.05) is 52.9 Å². The fraction of sp³-hybridized carbons (Fsp3) is 0.750. The summed E-state index contributed by atoms with van der Waals surface area (Å²) in [7, 11) is 0. The molecule has 4 heteroatoms. The van der Waals surface area contributed by atoms with Crippen LogP contribution in [0.1, 0.15) is 65.1 Å². The van der Waals surface area contributed by atoms with Gasteiger partial charge in [-0.3, -0.25) is 0 Å². The first-order valence-corrected chi connectivity index (χ1v) is 7.84. The molecule has 0 aromatic carbocycles. The maximum Gasteiger partial charge on any atom is 0.138 e. The highest BCUT2D eigenvalue weighted by Crippen LogP contribution is 2.26. The molecule has 1 saturated carbocycles. The van der Waals surface area contributed by atoms with Gasteiger partial charge >= 0.3 is 0 Å². The zero-order valence-corrected chi connectivity index (χ0v) is 13.1. The fourth-order valence-corrected chi connectivity index (χ4v) is 2.77. The van der Waals surface area contributed by atoms with Gasteiger partial charge in [-0.05, 0) is 12.3 Å². The van der Waals surface area contributed by atoms with Gasteiger partial charge in [0.2, 0.25) is 0 Å². The van der Waals surface area contributed by atoms with E-state index in [4.69, 9.17) is 5.73 Å². The minimum Gasteiger partial charge on any atom is -0.384 e. The molecule has 0 amide bonds. The summed E-state index contributed by atoms with van der Waals surface area (Å²) >= 11 is 0. The maximum absolute atomic E-state index is 5.88. The van der Waals surface area contributed by atoms with Crippen molar-refractivity contribution in [2.24, 2.45) is 5.92 Å². The molecule has 0 bridgehead atoms. The summed E-state index contributed by atoms with van der Waals surface area (Å²) in [6.07, 6.45) is 8.23. The Morgan fingerprint density at radius 3 is 2.55 bits per heavy atom. The number of anilines is 2. The fourth-order valence-electron chi connectivity index (χ4n) is 2.77. The van der Waals surface area contributed by atoms with Crippen molar-refractivity contribution in [3.05, 3.63) is 11.9 Å². The number of hydrogen-bond acceptors (Lipinski definition) is 4. The van der Waals surface area contributed by atoms with Crippen LogP contribution in [-0.4, -0.2) is 16.5 Å². The first kappa shape index (κ1) is 15.1. The van der Waals surface area contributed by atoms with E-state index < -0.39 is 0 Å². The highest BCUT2D eigenvalue weighted by atomic mass is 15.1. The third-order valence-electron chi connectivity index (χ3n) is 4.00. The first-order valence-electron chi connectivity index (χ1n) is 7.84. The average molecular weight is 276 g/mol. The third-order valence-corrected chi connectivity index (χ3v) is 4.00. The van der Waals surface area contributed by atoms with Gasteiger partial charge < -0.3 is 11.1 Å². The summed E-state index contributed by atoms with van der Waals surface area (Å²) in [4.78, 5) is 8.91. The highest BCUT2D eigenvalue weighted by Gasteiger charge is 2.19. The van der Waals surface area contributed by atoms with Crippen molar-refractivity contribution in [2.45, 2.75) is 64.7 Å². The number of nitrogens with one attached hydrogen (secondary N) is 1. The molecule has 112 valence electrons. The molecular formula is C16H28N4. The number of rotatable bonds is 4. The van der Waals surface area contributed by atoms with Gasteiger partial charge in [0, 0.05) is 18.0 Å². The molecule has 1 fully saturated rings. The molecule has 1 aliphatic carbocycles. The Labute approximate surface area is 122 Å². The van der Waals surface area contributed by atoms with Gasteiger partial charge in [-0.2, -0.15) is 0 Å². The lowest BCUT2D eigenvalue weighted by molar-refractivity contribution is 0.345. The predicted molar refractivity (Wildman–Crippen MR) is 84.8 cm³/mol. The van der Waals surface area contributed by atoms with Crippen molar-refractivity contribution in [2.75, 3.05) is 17.6 Å². The molecular weight excluding hydrogens is 248 g/mol. The van der Waals surface area contributed by atoms with E-state index in [0.717, 1.165) is 24.1 Å². The zero-order valence-electron chi connectivity index (χ0n) is 13.1. The van der Waals surface area contributed by atoms with Gasteiger partial charge in [-0.25, -0.2) is 9.97 Å². The van der Waals surface area contributed by atoms with E-state index in [1.165, 1.54) is 38.5 Å². The minimum absolute atomic E-state index is 0.0742. The van der Waals surface area contributed by atoms with Crippen LogP contribution in [0.25, 0.3) is 0 Å². The molecule has 0 saturated heterocycles. The molecule has 2 rings (SSSR count). The number of nitrogen functional groups attached to an aromatic ring is 1. The molecule has 3 N–H and O–H groups in total. The molecule has 0 aliphatic heterocycles. The summed E-state index contributed by atoms with van der Waals surface area (Å²) in [5.74, 6) is 3.10. The number of hydrogen-bond donors (Lipinski definition) is 2. The topological polar surface area (TPSA) is 63.8 Å². The van der Waals surface area contributed by atoms with Crippen LogP contribution in [0.2, 0.25) is 0 Å². The number of nitrogens with two attached hydrogens (primary N) is 1. The summed E-state index contributed by atoms with van der Waals surface area (Å²) < 4.78 is 0. The second-order valence-corrected chi connectivity index (χ2v) is 6.97. The van der Waals surface area contributed by atoms with E-state index in [-0.39, 0.29) is 5.41 Å². The van der Waals surface area contributed by atoms with E-state index >= 15 is 0 Å². The molecule has 1 aromatic heterocycles. The molecule has 1 aliphatic rings. The largest absolute Gasteiger partial charge is 0.384 e. The van der Waals surface area contributed by atoms with Crippen molar-refractivity contribution in [1.82, 2.24) is 9.97 Å². The molecule has 1 aromatic rings. The van der Waals surface area contributed by atoms with Gasteiger partial charge in [0.1, 0.15) is 17.5 Å². The van der Waals surface area contributed by atoms with E-state index in [1.807, 2.05) is 6.07 Å². The number of aromatic nitrogens is 2. The Morgan fingerprint density at radius 1 is 1.20 bits per heavy atom. The molecule has 20 heavy (non-hydrogen) atoms. The monoisotopic (exact) mass is 276 g/mol. The van der Waals surface area contributed by atoms with Crippen LogP contribution in [0.3, 0.4) is 0 Å². The van der Waals surface area contributed by atoms with Crippen LogP contribution < -0.4 is 11.1 Å². The van der Waals surface area contributed by atoms with Crippen LogP contribution in [0, 0.1) is 5.92 Å². The van der Waals surface area contributed by atoms with E-state index in [1.54, 1.807) is 0 Å². The van der Waals surface area contributed by atoms with Gasteiger partial charge in [0.05, 0.1) is 0 Å². The SMILES string of the molecule is CC(C)(C)c1nc(N)cc(NCCC2CCCCC2)n1. The smallest absolute Gasteiger partial charge is 0.138 e. The van der Waals surface area contributed by atoms with Crippen LogP contribution in [-0.2, 0) is 5.41 Å². The van der Waals surface area contributed by atoms with Gasteiger partial charge in [0.25, 0.3) is 0 Å². The van der Waals surface area contributed by atoms with Crippen molar-refractivity contribution < 1.29 is 0 Å². The Morgan fingerprint density at radius 2 is 1.90 bits per heavy atom. The molecule has 0 atom stereocenters. The maximum atomic E-state index is 5.88. The lowest BCUT2D eigenvalue weighted by Gasteiger charge is -2.22. The van der Waals surface area contributed by atoms with E-state index in [0.29, 0.717) is 5.82 Å².